The van der Waals surface area contributed by atoms with Crippen LogP contribution in [-0.4, -0.2) is 17.0 Å². The second-order valence-electron chi connectivity index (χ2n) is 7.69. The maximum Gasteiger partial charge on any atom is 0.283 e. The number of halogens is 1. The Balaban J connectivity index is 1.43. The molecule has 3 atom stereocenters. The Hall–Kier alpha value is -3.03. The van der Waals surface area contributed by atoms with Crippen molar-refractivity contribution >= 4 is 17.8 Å². The number of fused-ring (bicyclic) bond motifs is 1. The Bertz CT molecular complexity index is 970. The van der Waals surface area contributed by atoms with E-state index in [2.05, 4.69) is 17.5 Å². The van der Waals surface area contributed by atoms with E-state index in [4.69, 9.17) is 4.42 Å². The molecule has 1 heterocycles. The number of carbonyl (C=O) groups excluding carboxylic acids is 1. The van der Waals surface area contributed by atoms with Crippen molar-refractivity contribution in [3.63, 3.8) is 0 Å². The Morgan fingerprint density at radius 3 is 2.93 bits per heavy atom. The third kappa shape index (κ3) is 3.19. The lowest BCUT2D eigenvalue weighted by molar-refractivity contribution is -0.384. The monoisotopic (exact) mass is 385 g/mol. The number of hydrazone groups is 1. The van der Waals surface area contributed by atoms with Crippen molar-refractivity contribution in [2.45, 2.75) is 32.6 Å². The number of rotatable bonds is 5. The molecule has 0 radical (unpaired) electrons. The van der Waals surface area contributed by atoms with Crippen LogP contribution in [0.15, 0.2) is 39.9 Å². The van der Waals surface area contributed by atoms with Crippen molar-refractivity contribution in [1.29, 1.82) is 0 Å². The van der Waals surface area contributed by atoms with E-state index in [1.54, 1.807) is 12.1 Å². The molecule has 146 valence electrons. The predicted octanol–water partition coefficient (Wildman–Crippen LogP) is 4.27. The number of furan rings is 1. The number of nitrogens with zero attached hydrogens (tertiary/aromatic N) is 2. The number of hydrogen-bond donors (Lipinski definition) is 1. The van der Waals surface area contributed by atoms with Crippen LogP contribution >= 0.6 is 0 Å². The van der Waals surface area contributed by atoms with Crippen molar-refractivity contribution in [2.24, 2.45) is 22.4 Å². The summed E-state index contributed by atoms with van der Waals surface area (Å²) < 4.78 is 18.8. The van der Waals surface area contributed by atoms with Gasteiger partial charge in [0.2, 0.25) is 5.91 Å². The van der Waals surface area contributed by atoms with Gasteiger partial charge in [-0.2, -0.15) is 5.10 Å². The van der Waals surface area contributed by atoms with Crippen LogP contribution in [0, 0.1) is 33.2 Å². The molecule has 0 bridgehead atoms. The predicted molar refractivity (Wildman–Crippen MR) is 100 cm³/mol. The smallest absolute Gasteiger partial charge is 0.283 e. The topological polar surface area (TPSA) is 97.7 Å². The average Bonchev–Trinajstić information content (AvgIpc) is 3.02. The van der Waals surface area contributed by atoms with Crippen LogP contribution in [0.5, 0.6) is 0 Å². The van der Waals surface area contributed by atoms with Crippen LogP contribution in [-0.2, 0) is 4.79 Å². The Labute approximate surface area is 160 Å². The highest BCUT2D eigenvalue weighted by molar-refractivity contribution is 5.85. The summed E-state index contributed by atoms with van der Waals surface area (Å²) in [7, 11) is 0. The van der Waals surface area contributed by atoms with Crippen molar-refractivity contribution in [3.05, 3.63) is 52.0 Å². The molecule has 2 aliphatic carbocycles. The van der Waals surface area contributed by atoms with Crippen LogP contribution in [0.4, 0.5) is 10.1 Å². The number of benzene rings is 1. The summed E-state index contributed by atoms with van der Waals surface area (Å²) in [4.78, 5) is 22.8. The Morgan fingerprint density at radius 2 is 2.21 bits per heavy atom. The van der Waals surface area contributed by atoms with Gasteiger partial charge in [0.15, 0.2) is 0 Å². The molecular weight excluding hydrogens is 365 g/mol. The fourth-order valence-electron chi connectivity index (χ4n) is 4.51. The van der Waals surface area contributed by atoms with E-state index >= 15 is 0 Å². The van der Waals surface area contributed by atoms with E-state index in [-0.39, 0.29) is 34.3 Å². The van der Waals surface area contributed by atoms with Gasteiger partial charge in [0, 0.05) is 5.92 Å². The number of amides is 1. The van der Waals surface area contributed by atoms with Gasteiger partial charge in [0.05, 0.1) is 22.8 Å². The molecule has 2 aromatic rings. The molecule has 28 heavy (non-hydrogen) atoms. The first-order valence-electron chi connectivity index (χ1n) is 9.27. The standard InChI is InChI=1S/C20H20FN3O4/c1-20-9-3-2-4-15(20)18(20)19(25)23-22-11-13-6-8-17(28-13)14-7-5-12(21)10-16(14)24(26)27/h5-8,10-11,15,18H,2-4,9H2,1H3,(H,23,25)/b22-11-/t15-,18-,20-/m0/s1. The lowest BCUT2D eigenvalue weighted by atomic mass is 9.90. The number of nitrogens with one attached hydrogen (secondary N) is 1. The highest BCUT2D eigenvalue weighted by Gasteiger charge is 2.64. The van der Waals surface area contributed by atoms with E-state index < -0.39 is 10.7 Å². The summed E-state index contributed by atoms with van der Waals surface area (Å²) in [6.07, 6.45) is 5.88. The van der Waals surface area contributed by atoms with Crippen molar-refractivity contribution in [3.8, 4) is 11.3 Å². The van der Waals surface area contributed by atoms with E-state index in [9.17, 15) is 19.3 Å². The third-order valence-electron chi connectivity index (χ3n) is 6.03. The average molecular weight is 385 g/mol. The summed E-state index contributed by atoms with van der Waals surface area (Å²) in [5.74, 6) is 0.243. The van der Waals surface area contributed by atoms with E-state index in [0.29, 0.717) is 11.7 Å². The van der Waals surface area contributed by atoms with Crippen LogP contribution in [0.25, 0.3) is 11.3 Å². The molecule has 0 unspecified atom stereocenters. The van der Waals surface area contributed by atoms with Crippen LogP contribution in [0.3, 0.4) is 0 Å². The molecule has 7 nitrogen and oxygen atoms in total. The zero-order valence-electron chi connectivity index (χ0n) is 15.4. The highest BCUT2D eigenvalue weighted by atomic mass is 19.1. The van der Waals surface area contributed by atoms with Gasteiger partial charge in [-0.05, 0) is 48.4 Å². The number of nitro benzene ring substituents is 1. The lowest BCUT2D eigenvalue weighted by Gasteiger charge is -2.15. The van der Waals surface area contributed by atoms with Gasteiger partial charge in [-0.25, -0.2) is 9.82 Å². The van der Waals surface area contributed by atoms with Crippen LogP contribution in [0.2, 0.25) is 0 Å². The van der Waals surface area contributed by atoms with E-state index in [0.717, 1.165) is 25.0 Å². The molecule has 1 amide bonds. The summed E-state index contributed by atoms with van der Waals surface area (Å²) in [5.41, 5.74) is 2.47. The van der Waals surface area contributed by atoms with Gasteiger partial charge < -0.3 is 4.42 Å². The molecule has 0 spiro atoms. The van der Waals surface area contributed by atoms with Gasteiger partial charge in [-0.3, -0.25) is 14.9 Å². The Morgan fingerprint density at radius 1 is 1.39 bits per heavy atom. The van der Waals surface area contributed by atoms with Crippen molar-refractivity contribution in [1.82, 2.24) is 5.43 Å². The fourth-order valence-corrected chi connectivity index (χ4v) is 4.51. The first-order valence-corrected chi connectivity index (χ1v) is 9.27. The van der Waals surface area contributed by atoms with Gasteiger partial charge in [-0.1, -0.05) is 19.8 Å². The third-order valence-corrected chi connectivity index (χ3v) is 6.03. The maximum atomic E-state index is 13.3. The molecule has 1 N–H and O–H groups in total. The van der Waals surface area contributed by atoms with Crippen LogP contribution < -0.4 is 5.43 Å². The molecule has 2 saturated carbocycles. The molecule has 2 aliphatic rings. The summed E-state index contributed by atoms with van der Waals surface area (Å²) in [5, 5.41) is 15.1. The molecule has 1 aromatic carbocycles. The largest absolute Gasteiger partial charge is 0.455 e. The molecule has 0 aliphatic heterocycles. The minimum absolute atomic E-state index is 0.0150. The molecule has 8 heteroatoms. The number of carbonyl (C=O) groups is 1. The number of hydrogen-bond acceptors (Lipinski definition) is 5. The first-order chi connectivity index (χ1) is 13.4. The molecular formula is C20H20FN3O4. The van der Waals surface area contributed by atoms with Gasteiger partial charge in [-0.15, -0.1) is 0 Å². The Kier molecular flexibility index (Phi) is 4.49. The van der Waals surface area contributed by atoms with Gasteiger partial charge in [0.1, 0.15) is 17.3 Å². The molecule has 4 rings (SSSR count). The zero-order valence-corrected chi connectivity index (χ0v) is 15.4. The zero-order chi connectivity index (χ0) is 19.9. The van der Waals surface area contributed by atoms with Crippen LogP contribution in [0.1, 0.15) is 38.4 Å². The van der Waals surface area contributed by atoms with E-state index in [1.807, 2.05) is 0 Å². The highest BCUT2D eigenvalue weighted by Crippen LogP contribution is 2.66. The minimum atomic E-state index is -0.694. The normalized spacial score (nSPS) is 26.1. The molecule has 2 fully saturated rings. The SMILES string of the molecule is C[C@]12CCCC[C@H]1[C@H]2C(=O)N/N=C\c1ccc(-c2ccc(F)cc2[N+](=O)[O-])o1. The lowest BCUT2D eigenvalue weighted by Crippen LogP contribution is -2.22. The quantitative estimate of drug-likeness (QED) is 0.472. The van der Waals surface area contributed by atoms with Crippen molar-refractivity contribution < 1.29 is 18.5 Å². The van der Waals surface area contributed by atoms with E-state index in [1.165, 1.54) is 25.1 Å². The summed E-state index contributed by atoms with van der Waals surface area (Å²) >= 11 is 0. The van der Waals surface area contributed by atoms with Gasteiger partial charge in [0.25, 0.3) is 5.69 Å². The summed E-state index contributed by atoms with van der Waals surface area (Å²) in [6.45, 7) is 2.17. The van der Waals surface area contributed by atoms with Crippen molar-refractivity contribution in [2.75, 3.05) is 0 Å². The molecule has 0 saturated heterocycles. The summed E-state index contributed by atoms with van der Waals surface area (Å²) in [6, 6.07) is 6.40. The second-order valence-corrected chi connectivity index (χ2v) is 7.69. The minimum Gasteiger partial charge on any atom is -0.455 e. The first kappa shape index (κ1) is 18.3. The second kappa shape index (κ2) is 6.85. The number of nitro groups is 1. The fraction of sp³-hybridized carbons (Fsp3) is 0.400. The molecule has 1 aromatic heterocycles. The van der Waals surface area contributed by atoms with Gasteiger partial charge >= 0.3 is 0 Å². The maximum absolute atomic E-state index is 13.3.